The Morgan fingerprint density at radius 1 is 0.778 bits per heavy atom. The van der Waals surface area contributed by atoms with Gasteiger partial charge in [0.1, 0.15) is 0 Å². The van der Waals surface area contributed by atoms with Crippen LogP contribution in [0.4, 0.5) is 0 Å². The van der Waals surface area contributed by atoms with Crippen molar-refractivity contribution in [2.75, 3.05) is 53.6 Å². The van der Waals surface area contributed by atoms with Crippen LogP contribution in [-0.2, 0) is 19.1 Å². The lowest BCUT2D eigenvalue weighted by molar-refractivity contribution is -0.129. The number of nitrogens with zero attached hydrogens (tertiary/aromatic N) is 2. The summed E-state index contributed by atoms with van der Waals surface area (Å²) in [7, 11) is 3.47. The quantitative estimate of drug-likeness (QED) is 0.547. The summed E-state index contributed by atoms with van der Waals surface area (Å²) in [5.74, 6) is 0.0595. The van der Waals surface area contributed by atoms with Crippen molar-refractivity contribution in [2.24, 2.45) is 0 Å². The minimum atomic E-state index is 0.0297. The lowest BCUT2D eigenvalue weighted by Crippen LogP contribution is -2.29. The highest BCUT2D eigenvalue weighted by Crippen LogP contribution is 1.87. The standard InChI is InChI=1S/C12H24N2O4/c1-11(15)13(3)5-7-17-9-10-18-8-6-14(4)12(2)16/h5-10H2,1-4H3. The van der Waals surface area contributed by atoms with E-state index >= 15 is 0 Å². The second-order valence-electron chi connectivity index (χ2n) is 4.11. The molecule has 2 amide bonds. The molecule has 0 spiro atoms. The van der Waals surface area contributed by atoms with Gasteiger partial charge in [-0.15, -0.1) is 0 Å². The van der Waals surface area contributed by atoms with Crippen molar-refractivity contribution in [2.45, 2.75) is 13.8 Å². The molecule has 18 heavy (non-hydrogen) atoms. The number of likely N-dealkylation sites (N-methyl/N-ethyl adjacent to an activating group) is 2. The molecular weight excluding hydrogens is 236 g/mol. The second-order valence-corrected chi connectivity index (χ2v) is 4.11. The van der Waals surface area contributed by atoms with E-state index in [1.165, 1.54) is 13.8 Å². The normalized spacial score (nSPS) is 10.2. The highest BCUT2D eigenvalue weighted by atomic mass is 16.5. The molecule has 0 unspecified atom stereocenters. The van der Waals surface area contributed by atoms with E-state index < -0.39 is 0 Å². The van der Waals surface area contributed by atoms with Gasteiger partial charge in [-0.25, -0.2) is 0 Å². The Kier molecular flexibility index (Phi) is 9.22. The number of carbonyl (C=O) groups excluding carboxylic acids is 2. The third-order valence-corrected chi connectivity index (χ3v) is 2.59. The summed E-state index contributed by atoms with van der Waals surface area (Å²) in [4.78, 5) is 25.0. The first kappa shape index (κ1) is 16.9. The Morgan fingerprint density at radius 3 is 1.39 bits per heavy atom. The molecular formula is C12H24N2O4. The van der Waals surface area contributed by atoms with Crippen molar-refractivity contribution in [1.82, 2.24) is 9.80 Å². The minimum Gasteiger partial charge on any atom is -0.377 e. The summed E-state index contributed by atoms with van der Waals surface area (Å²) >= 11 is 0. The van der Waals surface area contributed by atoms with Gasteiger partial charge in [0.15, 0.2) is 0 Å². The molecule has 6 nitrogen and oxygen atoms in total. The third-order valence-electron chi connectivity index (χ3n) is 2.59. The number of rotatable bonds is 9. The van der Waals surface area contributed by atoms with E-state index in [1.54, 1.807) is 23.9 Å². The number of ether oxygens (including phenoxy) is 2. The topological polar surface area (TPSA) is 59.1 Å². The molecule has 0 saturated carbocycles. The van der Waals surface area contributed by atoms with E-state index in [-0.39, 0.29) is 11.8 Å². The smallest absolute Gasteiger partial charge is 0.219 e. The number of hydrogen-bond donors (Lipinski definition) is 0. The summed E-state index contributed by atoms with van der Waals surface area (Å²) in [6.45, 7) is 6.22. The van der Waals surface area contributed by atoms with Crippen molar-refractivity contribution in [3.8, 4) is 0 Å². The molecule has 0 atom stereocenters. The zero-order valence-electron chi connectivity index (χ0n) is 11.8. The molecule has 0 bridgehead atoms. The Balaban J connectivity index is 3.26. The van der Waals surface area contributed by atoms with E-state index in [1.807, 2.05) is 0 Å². The van der Waals surface area contributed by atoms with E-state index in [2.05, 4.69) is 0 Å². The van der Waals surface area contributed by atoms with Gasteiger partial charge >= 0.3 is 0 Å². The number of amides is 2. The van der Waals surface area contributed by atoms with E-state index in [4.69, 9.17) is 9.47 Å². The zero-order chi connectivity index (χ0) is 14.0. The fraction of sp³-hybridized carbons (Fsp3) is 0.833. The maximum Gasteiger partial charge on any atom is 0.219 e. The highest BCUT2D eigenvalue weighted by molar-refractivity contribution is 5.73. The predicted octanol–water partition coefficient (Wildman–Crippen LogP) is -0.0238. The van der Waals surface area contributed by atoms with Gasteiger partial charge in [-0.05, 0) is 0 Å². The lowest BCUT2D eigenvalue weighted by Gasteiger charge is -2.15. The van der Waals surface area contributed by atoms with Crippen LogP contribution < -0.4 is 0 Å². The maximum atomic E-state index is 10.9. The van der Waals surface area contributed by atoms with Gasteiger partial charge < -0.3 is 19.3 Å². The average molecular weight is 260 g/mol. The van der Waals surface area contributed by atoms with E-state index in [0.717, 1.165) is 0 Å². The van der Waals surface area contributed by atoms with Crippen LogP contribution in [0.5, 0.6) is 0 Å². The SMILES string of the molecule is CC(=O)N(C)CCOCCOCCN(C)C(C)=O. The largest absolute Gasteiger partial charge is 0.377 e. The molecule has 0 aromatic rings. The molecule has 0 aliphatic carbocycles. The second kappa shape index (κ2) is 9.85. The maximum absolute atomic E-state index is 10.9. The highest BCUT2D eigenvalue weighted by Gasteiger charge is 2.02. The van der Waals surface area contributed by atoms with Crippen molar-refractivity contribution in [3.63, 3.8) is 0 Å². The number of hydrogen-bond acceptors (Lipinski definition) is 4. The van der Waals surface area contributed by atoms with E-state index in [9.17, 15) is 9.59 Å². The van der Waals surface area contributed by atoms with Gasteiger partial charge in [-0.2, -0.15) is 0 Å². The third kappa shape index (κ3) is 8.95. The first-order valence-corrected chi connectivity index (χ1v) is 6.04. The van der Waals surface area contributed by atoms with Crippen LogP contribution in [0.2, 0.25) is 0 Å². The Morgan fingerprint density at radius 2 is 1.11 bits per heavy atom. The van der Waals surface area contributed by atoms with Crippen molar-refractivity contribution < 1.29 is 19.1 Å². The van der Waals surface area contributed by atoms with Gasteiger partial charge in [0.2, 0.25) is 11.8 Å². The molecule has 6 heteroatoms. The Hall–Kier alpha value is -1.14. The van der Waals surface area contributed by atoms with Gasteiger partial charge in [-0.1, -0.05) is 0 Å². The fourth-order valence-corrected chi connectivity index (χ4v) is 1.04. The van der Waals surface area contributed by atoms with Gasteiger partial charge in [0, 0.05) is 41.0 Å². The van der Waals surface area contributed by atoms with Crippen LogP contribution in [0.15, 0.2) is 0 Å². The van der Waals surface area contributed by atoms with Crippen molar-refractivity contribution in [3.05, 3.63) is 0 Å². The predicted molar refractivity (Wildman–Crippen MR) is 68.3 cm³/mol. The number of carbonyl (C=O) groups is 2. The monoisotopic (exact) mass is 260 g/mol. The lowest BCUT2D eigenvalue weighted by atomic mass is 10.5. The first-order valence-electron chi connectivity index (χ1n) is 6.04. The molecule has 0 aromatic heterocycles. The van der Waals surface area contributed by atoms with Crippen LogP contribution in [-0.4, -0.2) is 75.2 Å². The molecule has 0 fully saturated rings. The molecule has 106 valence electrons. The first-order chi connectivity index (χ1) is 8.45. The van der Waals surface area contributed by atoms with Gasteiger partial charge in [-0.3, -0.25) is 9.59 Å². The van der Waals surface area contributed by atoms with E-state index in [0.29, 0.717) is 39.5 Å². The molecule has 0 radical (unpaired) electrons. The molecule has 0 heterocycles. The average Bonchev–Trinajstić information content (AvgIpc) is 2.31. The Bertz CT molecular complexity index is 232. The van der Waals surface area contributed by atoms with Crippen molar-refractivity contribution >= 4 is 11.8 Å². The van der Waals surface area contributed by atoms with Gasteiger partial charge in [0.25, 0.3) is 0 Å². The summed E-state index contributed by atoms with van der Waals surface area (Å²) in [5, 5.41) is 0. The summed E-state index contributed by atoms with van der Waals surface area (Å²) in [5.41, 5.74) is 0. The fourth-order valence-electron chi connectivity index (χ4n) is 1.04. The van der Waals surface area contributed by atoms with Crippen molar-refractivity contribution in [1.29, 1.82) is 0 Å². The van der Waals surface area contributed by atoms with Crippen LogP contribution in [0.1, 0.15) is 13.8 Å². The van der Waals surface area contributed by atoms with Crippen LogP contribution >= 0.6 is 0 Å². The summed E-state index contributed by atoms with van der Waals surface area (Å²) < 4.78 is 10.6. The molecule has 0 rings (SSSR count). The Labute approximate surface area is 109 Å². The molecule has 0 aliphatic rings. The van der Waals surface area contributed by atoms with Crippen LogP contribution in [0, 0.1) is 0 Å². The zero-order valence-corrected chi connectivity index (χ0v) is 11.8. The summed E-state index contributed by atoms with van der Waals surface area (Å²) in [6, 6.07) is 0. The van der Waals surface area contributed by atoms with Gasteiger partial charge in [0.05, 0.1) is 26.4 Å². The summed E-state index contributed by atoms with van der Waals surface area (Å²) in [6.07, 6.45) is 0. The molecule has 0 saturated heterocycles. The van der Waals surface area contributed by atoms with Crippen LogP contribution in [0.25, 0.3) is 0 Å². The minimum absolute atomic E-state index is 0.0297. The molecule has 0 aliphatic heterocycles. The molecule has 0 N–H and O–H groups in total. The molecule has 0 aromatic carbocycles. The van der Waals surface area contributed by atoms with Crippen LogP contribution in [0.3, 0.4) is 0 Å².